The van der Waals surface area contributed by atoms with Crippen molar-refractivity contribution in [3.8, 4) is 0 Å². The fraction of sp³-hybridized carbons (Fsp3) is 0.125. The predicted octanol–water partition coefficient (Wildman–Crippen LogP) is 3.08. The average Bonchev–Trinajstić information content (AvgIpc) is 2.04. The zero-order chi connectivity index (χ0) is 9.84. The third-order valence-electron chi connectivity index (χ3n) is 1.23. The van der Waals surface area contributed by atoms with E-state index in [-0.39, 0.29) is 0 Å². The Morgan fingerprint density at radius 1 is 1.54 bits per heavy atom. The lowest BCUT2D eigenvalue weighted by Gasteiger charge is -2.03. The summed E-state index contributed by atoms with van der Waals surface area (Å²) in [5, 5.41) is 9.10. The molecule has 0 aliphatic heterocycles. The third-order valence-corrected chi connectivity index (χ3v) is 2.85. The van der Waals surface area contributed by atoms with Crippen LogP contribution in [0.15, 0.2) is 29.2 Å². The van der Waals surface area contributed by atoms with Crippen LogP contribution >= 0.6 is 35.0 Å². The maximum atomic E-state index is 10.4. The van der Waals surface area contributed by atoms with Crippen molar-refractivity contribution in [1.82, 2.24) is 0 Å². The molecule has 0 amide bonds. The predicted molar refractivity (Wildman–Crippen MR) is 54.6 cm³/mol. The lowest BCUT2D eigenvalue weighted by atomic mass is 10.4. The summed E-state index contributed by atoms with van der Waals surface area (Å²) in [6, 6.07) is 6.89. The van der Waals surface area contributed by atoms with E-state index in [0.717, 1.165) is 16.7 Å². The van der Waals surface area contributed by atoms with E-state index >= 15 is 0 Å². The summed E-state index contributed by atoms with van der Waals surface area (Å²) in [5.74, 6) is -1.05. The Bertz CT molecular complexity index is 317. The van der Waals surface area contributed by atoms with Gasteiger partial charge < -0.3 is 5.11 Å². The first-order valence-electron chi connectivity index (χ1n) is 3.38. The third kappa shape index (κ3) is 3.46. The molecule has 0 bridgehead atoms. The van der Waals surface area contributed by atoms with Crippen molar-refractivity contribution in [2.24, 2.45) is 0 Å². The number of benzene rings is 1. The molecule has 0 saturated carbocycles. The van der Waals surface area contributed by atoms with Gasteiger partial charge in [0.2, 0.25) is 0 Å². The number of alkyl halides is 1. The molecule has 0 radical (unpaired) electrons. The number of hydrogen-bond acceptors (Lipinski definition) is 2. The molecule has 0 aliphatic rings. The van der Waals surface area contributed by atoms with E-state index in [1.54, 1.807) is 24.3 Å². The number of halogens is 2. The first kappa shape index (κ1) is 10.7. The molecule has 13 heavy (non-hydrogen) atoms. The minimum absolute atomic E-state index is 0.569. The molecular formula is C8H6Cl2O2S. The number of thioether (sulfide) groups is 1. The molecule has 2 nitrogen and oxygen atoms in total. The summed E-state index contributed by atoms with van der Waals surface area (Å²) in [5.41, 5.74) is 0. The molecule has 1 aromatic rings. The van der Waals surface area contributed by atoms with E-state index < -0.39 is 10.7 Å². The Kier molecular flexibility index (Phi) is 3.90. The summed E-state index contributed by atoms with van der Waals surface area (Å²) < 4.78 is -0.974. The second-order valence-corrected chi connectivity index (χ2v) is 4.54. The molecule has 0 fully saturated rings. The summed E-state index contributed by atoms with van der Waals surface area (Å²) in [6.07, 6.45) is 0. The van der Waals surface area contributed by atoms with E-state index in [0.29, 0.717) is 5.02 Å². The van der Waals surface area contributed by atoms with Gasteiger partial charge in [-0.3, -0.25) is 0 Å². The second kappa shape index (κ2) is 4.74. The van der Waals surface area contributed by atoms with Crippen LogP contribution < -0.4 is 0 Å². The monoisotopic (exact) mass is 236 g/mol. The van der Waals surface area contributed by atoms with Crippen LogP contribution in [0.25, 0.3) is 0 Å². The van der Waals surface area contributed by atoms with Gasteiger partial charge in [-0.15, -0.1) is 0 Å². The summed E-state index contributed by atoms with van der Waals surface area (Å²) >= 11 is 12.3. The molecule has 1 aromatic carbocycles. The van der Waals surface area contributed by atoms with Gasteiger partial charge in [0.25, 0.3) is 0 Å². The highest BCUT2D eigenvalue weighted by Crippen LogP contribution is 2.27. The Labute approximate surface area is 89.8 Å². The number of rotatable bonds is 3. The SMILES string of the molecule is O=C(O)C(Cl)Sc1cccc(Cl)c1. The van der Waals surface area contributed by atoms with Crippen molar-refractivity contribution in [3.63, 3.8) is 0 Å². The van der Waals surface area contributed by atoms with E-state index in [1.165, 1.54) is 0 Å². The molecule has 1 atom stereocenters. The number of hydrogen-bond donors (Lipinski definition) is 1. The highest BCUT2D eigenvalue weighted by molar-refractivity contribution is 8.01. The zero-order valence-electron chi connectivity index (χ0n) is 6.41. The molecule has 0 spiro atoms. The smallest absolute Gasteiger partial charge is 0.332 e. The Balaban J connectivity index is 2.69. The van der Waals surface area contributed by atoms with Gasteiger partial charge >= 0.3 is 5.97 Å². The number of carboxylic acids is 1. The lowest BCUT2D eigenvalue weighted by Crippen LogP contribution is -2.07. The van der Waals surface area contributed by atoms with Gasteiger partial charge in [0, 0.05) is 9.92 Å². The summed E-state index contributed by atoms with van der Waals surface area (Å²) in [7, 11) is 0. The Morgan fingerprint density at radius 3 is 2.77 bits per heavy atom. The molecule has 70 valence electrons. The molecule has 5 heteroatoms. The van der Waals surface area contributed by atoms with Crippen LogP contribution in [0, 0.1) is 0 Å². The molecule has 0 aliphatic carbocycles. The van der Waals surface area contributed by atoms with E-state index in [4.69, 9.17) is 28.3 Å². The number of carbonyl (C=O) groups is 1. The minimum atomic E-state index is -1.05. The van der Waals surface area contributed by atoms with E-state index in [9.17, 15) is 4.79 Å². The molecule has 0 heterocycles. The summed E-state index contributed by atoms with van der Waals surface area (Å²) in [6.45, 7) is 0. The first-order valence-corrected chi connectivity index (χ1v) is 5.08. The lowest BCUT2D eigenvalue weighted by molar-refractivity contribution is -0.134. The Morgan fingerprint density at radius 2 is 2.23 bits per heavy atom. The topological polar surface area (TPSA) is 37.3 Å². The number of aliphatic carboxylic acids is 1. The van der Waals surface area contributed by atoms with Gasteiger partial charge in [-0.25, -0.2) is 4.79 Å². The van der Waals surface area contributed by atoms with Gasteiger partial charge in [0.05, 0.1) is 0 Å². The van der Waals surface area contributed by atoms with Crippen molar-refractivity contribution >= 4 is 40.9 Å². The van der Waals surface area contributed by atoms with Crippen molar-refractivity contribution in [2.75, 3.05) is 0 Å². The van der Waals surface area contributed by atoms with E-state index in [1.807, 2.05) is 0 Å². The highest BCUT2D eigenvalue weighted by atomic mass is 35.5. The molecule has 1 rings (SSSR count). The number of carboxylic acid groups (broad SMARTS) is 1. The standard InChI is InChI=1S/C8H6Cl2O2S/c9-5-2-1-3-6(4-5)13-7(10)8(11)12/h1-4,7H,(H,11,12). The summed E-state index contributed by atoms with van der Waals surface area (Å²) in [4.78, 5) is 11.1. The average molecular weight is 237 g/mol. The molecular weight excluding hydrogens is 231 g/mol. The zero-order valence-corrected chi connectivity index (χ0v) is 8.73. The van der Waals surface area contributed by atoms with Gasteiger partial charge in [-0.2, -0.15) is 0 Å². The quantitative estimate of drug-likeness (QED) is 0.648. The van der Waals surface area contributed by atoms with Crippen molar-refractivity contribution in [1.29, 1.82) is 0 Å². The van der Waals surface area contributed by atoms with Crippen molar-refractivity contribution < 1.29 is 9.90 Å². The van der Waals surface area contributed by atoms with Gasteiger partial charge in [-0.05, 0) is 18.2 Å². The van der Waals surface area contributed by atoms with Gasteiger partial charge in [0.15, 0.2) is 4.71 Å². The van der Waals surface area contributed by atoms with Crippen LogP contribution in [0.2, 0.25) is 5.02 Å². The molecule has 0 saturated heterocycles. The highest BCUT2D eigenvalue weighted by Gasteiger charge is 2.14. The van der Waals surface area contributed by atoms with Crippen LogP contribution in [-0.2, 0) is 4.79 Å². The van der Waals surface area contributed by atoms with Crippen LogP contribution in [0.4, 0.5) is 0 Å². The van der Waals surface area contributed by atoms with E-state index in [2.05, 4.69) is 0 Å². The largest absolute Gasteiger partial charge is 0.480 e. The van der Waals surface area contributed by atoms with Crippen LogP contribution in [0.3, 0.4) is 0 Å². The second-order valence-electron chi connectivity index (χ2n) is 2.23. The first-order chi connectivity index (χ1) is 6.09. The maximum absolute atomic E-state index is 10.4. The minimum Gasteiger partial charge on any atom is -0.480 e. The van der Waals surface area contributed by atoms with Crippen LogP contribution in [0.5, 0.6) is 0 Å². The van der Waals surface area contributed by atoms with Crippen molar-refractivity contribution in [2.45, 2.75) is 9.60 Å². The maximum Gasteiger partial charge on any atom is 0.332 e. The molecule has 0 aromatic heterocycles. The molecule has 1 N–H and O–H groups in total. The van der Waals surface area contributed by atoms with Gasteiger partial charge in [-0.1, -0.05) is 41.0 Å². The fourth-order valence-electron chi connectivity index (χ4n) is 0.710. The van der Waals surface area contributed by atoms with Crippen LogP contribution in [-0.4, -0.2) is 15.8 Å². The van der Waals surface area contributed by atoms with Crippen molar-refractivity contribution in [3.05, 3.63) is 29.3 Å². The Hall–Kier alpha value is -0.380. The van der Waals surface area contributed by atoms with Crippen LogP contribution in [0.1, 0.15) is 0 Å². The fourth-order valence-corrected chi connectivity index (χ4v) is 1.97. The normalized spacial score (nSPS) is 12.5. The van der Waals surface area contributed by atoms with Gasteiger partial charge in [0.1, 0.15) is 0 Å². The molecule has 1 unspecified atom stereocenters.